The lowest BCUT2D eigenvalue weighted by molar-refractivity contribution is -0.123. The number of hydrogen-bond acceptors (Lipinski definition) is 5. The summed E-state index contributed by atoms with van der Waals surface area (Å²) in [7, 11) is -4.23. The molecule has 2 rings (SSSR count). The number of Topliss-reactive ketones (excluding diaryl/α,β-unsaturated/α-hetero) is 2. The van der Waals surface area contributed by atoms with Gasteiger partial charge in [0.15, 0.2) is 11.9 Å². The molecule has 0 aromatic heterocycles. The first-order valence-corrected chi connectivity index (χ1v) is 8.88. The highest BCUT2D eigenvalue weighted by Crippen LogP contribution is 2.18. The minimum Gasteiger partial charge on any atom is -0.296 e. The molecule has 0 saturated heterocycles. The third kappa shape index (κ3) is 4.15. The molecule has 0 bridgehead atoms. The van der Waals surface area contributed by atoms with E-state index in [1.165, 1.54) is 24.3 Å². The van der Waals surface area contributed by atoms with Gasteiger partial charge in [0.2, 0.25) is 5.78 Å². The molecule has 0 spiro atoms. The maximum atomic E-state index is 12.5. The standard InChI is InChI=1S/C18H18O5S/c1-3-16(19)18(17(20)14-7-5-4-6-8-14)23-24(21,22)15-11-9-13(2)10-12-15/h4-12,18H,3H2,1-2H3. The lowest BCUT2D eigenvalue weighted by atomic mass is 10.0. The quantitative estimate of drug-likeness (QED) is 0.438. The first kappa shape index (κ1) is 18.0. The molecule has 0 aliphatic rings. The van der Waals surface area contributed by atoms with E-state index >= 15 is 0 Å². The second kappa shape index (κ2) is 7.51. The van der Waals surface area contributed by atoms with Crippen molar-refractivity contribution in [3.8, 4) is 0 Å². The Bertz CT molecular complexity index is 823. The van der Waals surface area contributed by atoms with Crippen molar-refractivity contribution in [3.05, 3.63) is 65.7 Å². The highest BCUT2D eigenvalue weighted by atomic mass is 32.2. The number of carbonyl (C=O) groups is 2. The van der Waals surface area contributed by atoms with Crippen molar-refractivity contribution in [1.29, 1.82) is 0 Å². The zero-order valence-electron chi connectivity index (χ0n) is 13.4. The number of rotatable bonds is 7. The van der Waals surface area contributed by atoms with Crippen LogP contribution >= 0.6 is 0 Å². The lowest BCUT2D eigenvalue weighted by Crippen LogP contribution is -2.35. The van der Waals surface area contributed by atoms with E-state index < -0.39 is 27.8 Å². The minimum atomic E-state index is -4.23. The fourth-order valence-corrected chi connectivity index (χ4v) is 3.10. The van der Waals surface area contributed by atoms with Crippen LogP contribution in [0.1, 0.15) is 29.3 Å². The van der Waals surface area contributed by atoms with Crippen LogP contribution < -0.4 is 0 Å². The third-order valence-electron chi connectivity index (χ3n) is 3.47. The van der Waals surface area contributed by atoms with E-state index in [0.29, 0.717) is 0 Å². The second-order valence-electron chi connectivity index (χ2n) is 5.29. The molecule has 0 aliphatic carbocycles. The molecule has 0 radical (unpaired) electrons. The maximum absolute atomic E-state index is 12.5. The molecule has 0 saturated carbocycles. The van der Waals surface area contributed by atoms with Gasteiger partial charge in [-0.2, -0.15) is 8.42 Å². The summed E-state index contributed by atoms with van der Waals surface area (Å²) >= 11 is 0. The zero-order chi connectivity index (χ0) is 17.7. The van der Waals surface area contributed by atoms with Gasteiger partial charge < -0.3 is 0 Å². The average Bonchev–Trinajstić information content (AvgIpc) is 2.59. The van der Waals surface area contributed by atoms with Crippen LogP contribution in [0.4, 0.5) is 0 Å². The van der Waals surface area contributed by atoms with Crippen molar-refractivity contribution in [2.24, 2.45) is 0 Å². The molecule has 0 amide bonds. The Kier molecular flexibility index (Phi) is 5.64. The molecule has 24 heavy (non-hydrogen) atoms. The van der Waals surface area contributed by atoms with Gasteiger partial charge in [0.1, 0.15) is 0 Å². The van der Waals surface area contributed by atoms with Gasteiger partial charge in [-0.15, -0.1) is 0 Å². The number of carbonyl (C=O) groups excluding carboxylic acids is 2. The molecule has 0 fully saturated rings. The molecule has 2 aromatic rings. The van der Waals surface area contributed by atoms with Gasteiger partial charge in [0.25, 0.3) is 10.1 Å². The number of hydrogen-bond donors (Lipinski definition) is 0. The van der Waals surface area contributed by atoms with E-state index in [0.717, 1.165) is 5.56 Å². The molecule has 6 heteroatoms. The van der Waals surface area contributed by atoms with E-state index in [-0.39, 0.29) is 16.9 Å². The molecular weight excluding hydrogens is 328 g/mol. The van der Waals surface area contributed by atoms with Crippen LogP contribution in [0.15, 0.2) is 59.5 Å². The largest absolute Gasteiger partial charge is 0.298 e. The van der Waals surface area contributed by atoms with Crippen molar-refractivity contribution in [2.75, 3.05) is 0 Å². The van der Waals surface area contributed by atoms with Gasteiger partial charge in [0.05, 0.1) is 4.90 Å². The van der Waals surface area contributed by atoms with Gasteiger partial charge in [-0.05, 0) is 19.1 Å². The summed E-state index contributed by atoms with van der Waals surface area (Å²) in [6.45, 7) is 3.37. The van der Waals surface area contributed by atoms with Crippen molar-refractivity contribution in [3.63, 3.8) is 0 Å². The number of benzene rings is 2. The first-order chi connectivity index (χ1) is 11.3. The van der Waals surface area contributed by atoms with E-state index in [9.17, 15) is 18.0 Å². The molecule has 0 N–H and O–H groups in total. The maximum Gasteiger partial charge on any atom is 0.298 e. The zero-order valence-corrected chi connectivity index (χ0v) is 14.2. The Morgan fingerprint density at radius 1 is 1.00 bits per heavy atom. The van der Waals surface area contributed by atoms with Crippen molar-refractivity contribution in [2.45, 2.75) is 31.3 Å². The summed E-state index contributed by atoms with van der Waals surface area (Å²) < 4.78 is 29.8. The fourth-order valence-electron chi connectivity index (χ4n) is 2.07. The predicted octanol–water partition coefficient (Wildman–Crippen LogP) is 2.93. The topological polar surface area (TPSA) is 77.5 Å². The predicted molar refractivity (Wildman–Crippen MR) is 89.3 cm³/mol. The molecule has 1 atom stereocenters. The normalized spacial score (nSPS) is 12.6. The molecule has 0 aliphatic heterocycles. The highest BCUT2D eigenvalue weighted by molar-refractivity contribution is 7.86. The SMILES string of the molecule is CCC(=O)C(OS(=O)(=O)c1ccc(C)cc1)C(=O)c1ccccc1. The Morgan fingerprint density at radius 3 is 2.12 bits per heavy atom. The van der Waals surface area contributed by atoms with E-state index in [1.807, 2.05) is 6.92 Å². The van der Waals surface area contributed by atoms with Crippen LogP contribution in [0, 0.1) is 6.92 Å². The minimum absolute atomic E-state index is 0.00728. The van der Waals surface area contributed by atoms with Gasteiger partial charge in [0, 0.05) is 12.0 Å². The number of ketones is 2. The van der Waals surface area contributed by atoms with Crippen LogP contribution in [0.3, 0.4) is 0 Å². The summed E-state index contributed by atoms with van der Waals surface area (Å²) in [5.41, 5.74) is 1.11. The van der Waals surface area contributed by atoms with Crippen molar-refractivity contribution >= 4 is 21.7 Å². The van der Waals surface area contributed by atoms with Gasteiger partial charge in [-0.25, -0.2) is 4.18 Å². The van der Waals surface area contributed by atoms with Crippen molar-refractivity contribution < 1.29 is 22.2 Å². The Balaban J connectivity index is 2.34. The monoisotopic (exact) mass is 346 g/mol. The van der Waals surface area contributed by atoms with Gasteiger partial charge in [-0.3, -0.25) is 9.59 Å². The Morgan fingerprint density at radius 2 is 1.58 bits per heavy atom. The Hall–Kier alpha value is -2.31. The summed E-state index contributed by atoms with van der Waals surface area (Å²) in [4.78, 5) is 24.5. The summed E-state index contributed by atoms with van der Waals surface area (Å²) in [5, 5.41) is 0. The molecule has 2 aromatic carbocycles. The highest BCUT2D eigenvalue weighted by Gasteiger charge is 2.33. The fraction of sp³-hybridized carbons (Fsp3) is 0.222. The lowest BCUT2D eigenvalue weighted by Gasteiger charge is -2.15. The van der Waals surface area contributed by atoms with Crippen LogP contribution in [-0.2, 0) is 19.1 Å². The molecular formula is C18H18O5S. The van der Waals surface area contributed by atoms with Crippen LogP contribution in [0.2, 0.25) is 0 Å². The average molecular weight is 346 g/mol. The third-order valence-corrected chi connectivity index (χ3v) is 4.77. The second-order valence-corrected chi connectivity index (χ2v) is 6.87. The van der Waals surface area contributed by atoms with Crippen LogP contribution in [0.25, 0.3) is 0 Å². The summed E-state index contributed by atoms with van der Waals surface area (Å²) in [6.07, 6.45) is -1.68. The van der Waals surface area contributed by atoms with E-state index in [1.54, 1.807) is 37.3 Å². The van der Waals surface area contributed by atoms with Gasteiger partial charge in [-0.1, -0.05) is 55.0 Å². The molecule has 126 valence electrons. The molecule has 5 nitrogen and oxygen atoms in total. The van der Waals surface area contributed by atoms with Crippen molar-refractivity contribution in [1.82, 2.24) is 0 Å². The van der Waals surface area contributed by atoms with Crippen LogP contribution in [0.5, 0.6) is 0 Å². The molecule has 1 unspecified atom stereocenters. The van der Waals surface area contributed by atoms with Crippen LogP contribution in [-0.4, -0.2) is 26.1 Å². The molecule has 0 heterocycles. The van der Waals surface area contributed by atoms with E-state index in [2.05, 4.69) is 0 Å². The van der Waals surface area contributed by atoms with Gasteiger partial charge >= 0.3 is 0 Å². The summed E-state index contributed by atoms with van der Waals surface area (Å²) in [6, 6.07) is 14.0. The summed E-state index contributed by atoms with van der Waals surface area (Å²) in [5.74, 6) is -1.25. The first-order valence-electron chi connectivity index (χ1n) is 7.47. The smallest absolute Gasteiger partial charge is 0.296 e. The van der Waals surface area contributed by atoms with E-state index in [4.69, 9.17) is 4.18 Å². The Labute approximate surface area is 141 Å². The number of aryl methyl sites for hydroxylation is 1.